The number of hydrogen-bond acceptors (Lipinski definition) is 2. The first-order chi connectivity index (χ1) is 9.24. The first-order valence-corrected chi connectivity index (χ1v) is 6.21. The largest absolute Gasteiger partial charge is 0.287 e. The Kier molecular flexibility index (Phi) is 2.84. The van der Waals surface area contributed by atoms with Crippen LogP contribution in [0.2, 0.25) is 0 Å². The molecule has 0 aliphatic heterocycles. The lowest BCUT2D eigenvalue weighted by Gasteiger charge is -2.03. The Labute approximate surface area is 111 Å². The molecule has 0 atom stereocenters. The number of carbonyl (C=O) groups excluding carboxylic acids is 1. The van der Waals surface area contributed by atoms with Crippen molar-refractivity contribution in [1.82, 2.24) is 4.98 Å². The van der Waals surface area contributed by atoms with E-state index in [4.69, 9.17) is 0 Å². The third-order valence-corrected chi connectivity index (χ3v) is 3.11. The molecule has 2 nitrogen and oxygen atoms in total. The van der Waals surface area contributed by atoms with Crippen molar-refractivity contribution in [1.29, 1.82) is 0 Å². The summed E-state index contributed by atoms with van der Waals surface area (Å²) in [6.45, 7) is 1.98. The second-order valence-electron chi connectivity index (χ2n) is 4.59. The summed E-state index contributed by atoms with van der Waals surface area (Å²) >= 11 is 0. The summed E-state index contributed by atoms with van der Waals surface area (Å²) in [5, 5.41) is 1.04. The summed E-state index contributed by atoms with van der Waals surface area (Å²) in [4.78, 5) is 16.8. The van der Waals surface area contributed by atoms with Gasteiger partial charge < -0.3 is 0 Å². The minimum Gasteiger partial charge on any atom is -0.287 e. The van der Waals surface area contributed by atoms with E-state index in [0.29, 0.717) is 11.3 Å². The molecule has 0 saturated heterocycles. The Morgan fingerprint density at radius 1 is 0.947 bits per heavy atom. The molecule has 0 aliphatic carbocycles. The summed E-state index contributed by atoms with van der Waals surface area (Å²) in [7, 11) is 0. The van der Waals surface area contributed by atoms with Crippen LogP contribution in [0.1, 0.15) is 21.6 Å². The van der Waals surface area contributed by atoms with Crippen molar-refractivity contribution in [3.63, 3.8) is 0 Å². The van der Waals surface area contributed by atoms with E-state index >= 15 is 0 Å². The molecule has 1 aromatic heterocycles. The van der Waals surface area contributed by atoms with Crippen LogP contribution in [0.5, 0.6) is 0 Å². The molecule has 0 amide bonds. The number of nitrogens with zero attached hydrogens (tertiary/aromatic N) is 1. The molecule has 2 heteroatoms. The van der Waals surface area contributed by atoms with Crippen molar-refractivity contribution in [3.05, 3.63) is 77.5 Å². The molecule has 0 saturated carbocycles. The first kappa shape index (κ1) is 11.6. The Bertz CT molecular complexity index is 762. The number of para-hydroxylation sites is 1. The van der Waals surface area contributed by atoms with Crippen LogP contribution in [0.15, 0.2) is 60.7 Å². The van der Waals surface area contributed by atoms with Gasteiger partial charge in [-0.1, -0.05) is 48.0 Å². The fourth-order valence-electron chi connectivity index (χ4n) is 2.13. The van der Waals surface area contributed by atoms with E-state index in [-0.39, 0.29) is 5.78 Å². The van der Waals surface area contributed by atoms with E-state index in [2.05, 4.69) is 4.98 Å². The molecular weight excluding hydrogens is 234 g/mol. The second kappa shape index (κ2) is 4.65. The van der Waals surface area contributed by atoms with Crippen molar-refractivity contribution in [2.24, 2.45) is 0 Å². The van der Waals surface area contributed by atoms with Crippen molar-refractivity contribution >= 4 is 16.7 Å². The predicted octanol–water partition coefficient (Wildman–Crippen LogP) is 3.77. The SMILES string of the molecule is Cc1cccc(C(=O)c2ccc3ccccc3n2)c1. The number of aryl methyl sites for hydroxylation is 1. The van der Waals surface area contributed by atoms with Crippen LogP contribution in [0.3, 0.4) is 0 Å². The van der Waals surface area contributed by atoms with Gasteiger partial charge in [-0.2, -0.15) is 0 Å². The van der Waals surface area contributed by atoms with Gasteiger partial charge in [0.15, 0.2) is 0 Å². The van der Waals surface area contributed by atoms with E-state index in [9.17, 15) is 4.79 Å². The van der Waals surface area contributed by atoms with E-state index < -0.39 is 0 Å². The molecule has 2 aromatic carbocycles. The Morgan fingerprint density at radius 3 is 2.63 bits per heavy atom. The number of carbonyl (C=O) groups is 1. The van der Waals surface area contributed by atoms with Gasteiger partial charge in [-0.15, -0.1) is 0 Å². The number of hydrogen-bond donors (Lipinski definition) is 0. The molecule has 0 fully saturated rings. The summed E-state index contributed by atoms with van der Waals surface area (Å²) in [5.74, 6) is -0.0329. The first-order valence-electron chi connectivity index (χ1n) is 6.21. The lowest BCUT2D eigenvalue weighted by atomic mass is 10.0. The maximum atomic E-state index is 12.4. The van der Waals surface area contributed by atoms with E-state index in [1.165, 1.54) is 0 Å². The number of benzene rings is 2. The van der Waals surface area contributed by atoms with Gasteiger partial charge in [-0.3, -0.25) is 4.79 Å². The van der Waals surface area contributed by atoms with E-state index in [1.807, 2.05) is 61.5 Å². The molecule has 19 heavy (non-hydrogen) atoms. The lowest BCUT2D eigenvalue weighted by Crippen LogP contribution is -2.04. The normalized spacial score (nSPS) is 10.6. The van der Waals surface area contributed by atoms with Gasteiger partial charge in [0.25, 0.3) is 0 Å². The molecule has 0 N–H and O–H groups in total. The third kappa shape index (κ3) is 2.25. The summed E-state index contributed by atoms with van der Waals surface area (Å²) < 4.78 is 0. The van der Waals surface area contributed by atoms with Gasteiger partial charge in [0.1, 0.15) is 5.69 Å². The molecule has 0 radical (unpaired) electrons. The number of pyridine rings is 1. The third-order valence-electron chi connectivity index (χ3n) is 3.11. The summed E-state index contributed by atoms with van der Waals surface area (Å²) in [6, 6.07) is 19.1. The molecular formula is C17H13NO. The van der Waals surface area contributed by atoms with Crippen LogP contribution < -0.4 is 0 Å². The van der Waals surface area contributed by atoms with Gasteiger partial charge >= 0.3 is 0 Å². The lowest BCUT2D eigenvalue weighted by molar-refractivity contribution is 0.103. The molecule has 3 aromatic rings. The van der Waals surface area contributed by atoms with E-state index in [1.54, 1.807) is 6.07 Å². The summed E-state index contributed by atoms with van der Waals surface area (Å²) in [5.41, 5.74) is 3.10. The van der Waals surface area contributed by atoms with Gasteiger partial charge in [0.05, 0.1) is 5.52 Å². The fourth-order valence-corrected chi connectivity index (χ4v) is 2.13. The van der Waals surface area contributed by atoms with E-state index in [0.717, 1.165) is 16.5 Å². The number of ketones is 1. The number of fused-ring (bicyclic) bond motifs is 1. The van der Waals surface area contributed by atoms with Crippen LogP contribution >= 0.6 is 0 Å². The molecule has 0 spiro atoms. The fraction of sp³-hybridized carbons (Fsp3) is 0.0588. The highest BCUT2D eigenvalue weighted by Gasteiger charge is 2.10. The van der Waals surface area contributed by atoms with Gasteiger partial charge in [-0.25, -0.2) is 4.98 Å². The second-order valence-corrected chi connectivity index (χ2v) is 4.59. The molecule has 1 heterocycles. The molecule has 0 unspecified atom stereocenters. The molecule has 0 aliphatic rings. The number of rotatable bonds is 2. The minimum absolute atomic E-state index is 0.0329. The average Bonchev–Trinajstić information content (AvgIpc) is 2.46. The van der Waals surface area contributed by atoms with Gasteiger partial charge in [0.2, 0.25) is 5.78 Å². The average molecular weight is 247 g/mol. The smallest absolute Gasteiger partial charge is 0.211 e. The highest BCUT2D eigenvalue weighted by Crippen LogP contribution is 2.15. The van der Waals surface area contributed by atoms with Gasteiger partial charge in [0, 0.05) is 10.9 Å². The highest BCUT2D eigenvalue weighted by molar-refractivity contribution is 6.08. The molecule has 3 rings (SSSR count). The summed E-state index contributed by atoms with van der Waals surface area (Å²) in [6.07, 6.45) is 0. The van der Waals surface area contributed by atoms with Gasteiger partial charge in [-0.05, 0) is 25.1 Å². The Balaban J connectivity index is 2.06. The van der Waals surface area contributed by atoms with Crippen molar-refractivity contribution in [2.45, 2.75) is 6.92 Å². The maximum absolute atomic E-state index is 12.4. The Morgan fingerprint density at radius 2 is 1.79 bits per heavy atom. The van der Waals surface area contributed by atoms with Crippen LogP contribution in [0, 0.1) is 6.92 Å². The topological polar surface area (TPSA) is 30.0 Å². The van der Waals surface area contributed by atoms with Crippen LogP contribution in [0.25, 0.3) is 10.9 Å². The van der Waals surface area contributed by atoms with Crippen molar-refractivity contribution in [2.75, 3.05) is 0 Å². The quantitative estimate of drug-likeness (QED) is 0.645. The zero-order chi connectivity index (χ0) is 13.2. The highest BCUT2D eigenvalue weighted by atomic mass is 16.1. The monoisotopic (exact) mass is 247 g/mol. The van der Waals surface area contributed by atoms with Crippen LogP contribution in [-0.4, -0.2) is 10.8 Å². The van der Waals surface area contributed by atoms with Crippen molar-refractivity contribution < 1.29 is 4.79 Å². The van der Waals surface area contributed by atoms with Crippen LogP contribution in [0.4, 0.5) is 0 Å². The van der Waals surface area contributed by atoms with Crippen LogP contribution in [-0.2, 0) is 0 Å². The minimum atomic E-state index is -0.0329. The zero-order valence-electron chi connectivity index (χ0n) is 10.6. The standard InChI is InChI=1S/C17H13NO/c1-12-5-4-7-14(11-12)17(19)16-10-9-13-6-2-3-8-15(13)18-16/h2-11H,1H3. The zero-order valence-corrected chi connectivity index (χ0v) is 10.6. The predicted molar refractivity (Wildman–Crippen MR) is 76.4 cm³/mol. The number of aromatic nitrogens is 1. The maximum Gasteiger partial charge on any atom is 0.211 e. The molecule has 92 valence electrons. The Hall–Kier alpha value is -2.48. The van der Waals surface area contributed by atoms with Crippen molar-refractivity contribution in [3.8, 4) is 0 Å². The molecule has 0 bridgehead atoms.